The minimum absolute atomic E-state index is 0.298. The van der Waals surface area contributed by atoms with Gasteiger partial charge in [-0.2, -0.15) is 0 Å². The fourth-order valence-corrected chi connectivity index (χ4v) is 1.79. The molecule has 87 valence electrons. The highest BCUT2D eigenvalue weighted by Crippen LogP contribution is 2.20. The van der Waals surface area contributed by atoms with Crippen LogP contribution in [0.2, 0.25) is 0 Å². The van der Waals surface area contributed by atoms with Crippen molar-refractivity contribution in [2.75, 3.05) is 6.61 Å². The van der Waals surface area contributed by atoms with Gasteiger partial charge in [0.2, 0.25) is 0 Å². The monoisotopic (exact) mass is 228 g/mol. The maximum absolute atomic E-state index is 11.9. The predicted octanol–water partition coefficient (Wildman–Crippen LogP) is 2.76. The second kappa shape index (κ2) is 4.87. The van der Waals surface area contributed by atoms with Crippen LogP contribution in [-0.4, -0.2) is 17.1 Å². The summed E-state index contributed by atoms with van der Waals surface area (Å²) in [7, 11) is 0. The van der Waals surface area contributed by atoms with Gasteiger partial charge in [0.15, 0.2) is 0 Å². The molecule has 0 saturated carbocycles. The quantitative estimate of drug-likeness (QED) is 0.756. The highest BCUT2D eigenvalue weighted by atomic mass is 16.5. The molecule has 0 unspecified atom stereocenters. The number of benzene rings is 1. The third kappa shape index (κ3) is 2.23. The lowest BCUT2D eigenvalue weighted by molar-refractivity contribution is 0.0526. The SMILES string of the molecule is CCOC(=O)c1cc[c]c(C)c1-n1cccc1. The zero-order valence-corrected chi connectivity index (χ0v) is 9.93. The Morgan fingerprint density at radius 1 is 1.41 bits per heavy atom. The van der Waals surface area contributed by atoms with E-state index in [0.29, 0.717) is 12.2 Å². The molecule has 2 aromatic rings. The number of esters is 1. The minimum atomic E-state index is -0.298. The third-order valence-corrected chi connectivity index (χ3v) is 2.52. The Bertz CT molecular complexity index is 515. The van der Waals surface area contributed by atoms with E-state index in [4.69, 9.17) is 4.74 Å². The average Bonchev–Trinajstić information content (AvgIpc) is 2.82. The summed E-state index contributed by atoms with van der Waals surface area (Å²) in [6.45, 7) is 4.11. The molecule has 0 saturated heterocycles. The molecular weight excluding hydrogens is 214 g/mol. The Morgan fingerprint density at radius 3 is 2.76 bits per heavy atom. The Kier molecular flexibility index (Phi) is 3.28. The highest BCUT2D eigenvalue weighted by Gasteiger charge is 2.15. The molecule has 3 nitrogen and oxygen atoms in total. The Hall–Kier alpha value is -2.03. The first-order chi connectivity index (χ1) is 8.24. The van der Waals surface area contributed by atoms with Crippen molar-refractivity contribution in [1.82, 2.24) is 4.57 Å². The van der Waals surface area contributed by atoms with Gasteiger partial charge in [0, 0.05) is 12.4 Å². The van der Waals surface area contributed by atoms with E-state index in [2.05, 4.69) is 6.07 Å². The lowest BCUT2D eigenvalue weighted by atomic mass is 10.1. The number of hydrogen-bond acceptors (Lipinski definition) is 2. The van der Waals surface area contributed by atoms with Crippen molar-refractivity contribution in [3.63, 3.8) is 0 Å². The van der Waals surface area contributed by atoms with Crippen molar-refractivity contribution < 1.29 is 9.53 Å². The zero-order chi connectivity index (χ0) is 12.3. The first kappa shape index (κ1) is 11.5. The van der Waals surface area contributed by atoms with E-state index in [9.17, 15) is 4.79 Å². The van der Waals surface area contributed by atoms with Gasteiger partial charge in [-0.25, -0.2) is 4.79 Å². The second-order valence-corrected chi connectivity index (χ2v) is 3.68. The highest BCUT2D eigenvalue weighted by molar-refractivity contribution is 5.94. The molecule has 1 aromatic heterocycles. The van der Waals surface area contributed by atoms with Crippen LogP contribution in [-0.2, 0) is 4.74 Å². The van der Waals surface area contributed by atoms with Crippen LogP contribution in [0.4, 0.5) is 0 Å². The lowest BCUT2D eigenvalue weighted by Crippen LogP contribution is -2.10. The standard InChI is InChI=1S/C14H14NO2/c1-3-17-14(16)12-8-6-7-11(2)13(12)15-9-4-5-10-15/h4-6,8-10H,3H2,1-2H3. The Morgan fingerprint density at radius 2 is 2.12 bits per heavy atom. The smallest absolute Gasteiger partial charge is 0.340 e. The summed E-state index contributed by atoms with van der Waals surface area (Å²) >= 11 is 0. The van der Waals surface area contributed by atoms with Gasteiger partial charge in [-0.3, -0.25) is 0 Å². The van der Waals surface area contributed by atoms with Crippen LogP contribution in [0.25, 0.3) is 5.69 Å². The number of aromatic nitrogens is 1. The third-order valence-electron chi connectivity index (χ3n) is 2.52. The molecule has 0 aliphatic rings. The second-order valence-electron chi connectivity index (χ2n) is 3.68. The molecule has 1 radical (unpaired) electrons. The Labute approximate surface area is 101 Å². The van der Waals surface area contributed by atoms with E-state index in [1.165, 1.54) is 0 Å². The molecule has 3 heteroatoms. The van der Waals surface area contributed by atoms with E-state index in [1.807, 2.05) is 36.0 Å². The normalized spacial score (nSPS) is 10.2. The van der Waals surface area contributed by atoms with Crippen LogP contribution in [0.1, 0.15) is 22.8 Å². The number of hydrogen-bond donors (Lipinski definition) is 0. The van der Waals surface area contributed by atoms with Gasteiger partial charge in [-0.05, 0) is 43.7 Å². The van der Waals surface area contributed by atoms with Gasteiger partial charge < -0.3 is 9.30 Å². The number of ether oxygens (including phenoxy) is 1. The van der Waals surface area contributed by atoms with Gasteiger partial charge in [-0.1, -0.05) is 6.07 Å². The van der Waals surface area contributed by atoms with E-state index in [-0.39, 0.29) is 5.97 Å². The summed E-state index contributed by atoms with van der Waals surface area (Å²) in [5, 5.41) is 0. The molecule has 0 fully saturated rings. The van der Waals surface area contributed by atoms with Crippen molar-refractivity contribution in [3.8, 4) is 5.69 Å². The maximum atomic E-state index is 11.9. The summed E-state index contributed by atoms with van der Waals surface area (Å²) in [5.74, 6) is -0.298. The predicted molar refractivity (Wildman–Crippen MR) is 65.3 cm³/mol. The van der Waals surface area contributed by atoms with Crippen molar-refractivity contribution in [3.05, 3.63) is 53.9 Å². The minimum Gasteiger partial charge on any atom is -0.462 e. The number of aryl methyl sites for hydroxylation is 1. The van der Waals surface area contributed by atoms with E-state index in [0.717, 1.165) is 11.3 Å². The molecule has 17 heavy (non-hydrogen) atoms. The fourth-order valence-electron chi connectivity index (χ4n) is 1.79. The number of rotatable bonds is 3. The Balaban J connectivity index is 2.53. The summed E-state index contributed by atoms with van der Waals surface area (Å²) < 4.78 is 6.96. The van der Waals surface area contributed by atoms with Gasteiger partial charge in [0.1, 0.15) is 0 Å². The van der Waals surface area contributed by atoms with Crippen molar-refractivity contribution in [1.29, 1.82) is 0 Å². The van der Waals surface area contributed by atoms with Crippen molar-refractivity contribution >= 4 is 5.97 Å². The first-order valence-corrected chi connectivity index (χ1v) is 5.55. The molecule has 0 spiro atoms. The maximum Gasteiger partial charge on any atom is 0.340 e. The van der Waals surface area contributed by atoms with Crippen LogP contribution in [0, 0.1) is 13.0 Å². The number of carbonyl (C=O) groups is 1. The van der Waals surface area contributed by atoms with Crippen LogP contribution >= 0.6 is 0 Å². The van der Waals surface area contributed by atoms with Gasteiger partial charge >= 0.3 is 5.97 Å². The van der Waals surface area contributed by atoms with Gasteiger partial charge in [-0.15, -0.1) is 0 Å². The molecule has 0 aliphatic carbocycles. The van der Waals surface area contributed by atoms with E-state index >= 15 is 0 Å². The molecule has 1 heterocycles. The molecule has 0 N–H and O–H groups in total. The number of carbonyl (C=O) groups excluding carboxylic acids is 1. The molecule has 0 amide bonds. The van der Waals surface area contributed by atoms with E-state index < -0.39 is 0 Å². The molecular formula is C14H14NO2. The summed E-state index contributed by atoms with van der Waals surface area (Å²) in [6, 6.07) is 10.4. The molecule has 0 aliphatic heterocycles. The van der Waals surface area contributed by atoms with Crippen molar-refractivity contribution in [2.24, 2.45) is 0 Å². The van der Waals surface area contributed by atoms with Gasteiger partial charge in [0.05, 0.1) is 17.9 Å². The van der Waals surface area contributed by atoms with Crippen LogP contribution in [0.5, 0.6) is 0 Å². The molecule has 0 bridgehead atoms. The first-order valence-electron chi connectivity index (χ1n) is 5.55. The molecule has 1 aromatic carbocycles. The number of nitrogens with zero attached hydrogens (tertiary/aromatic N) is 1. The molecule has 2 rings (SSSR count). The van der Waals surface area contributed by atoms with Crippen LogP contribution in [0.3, 0.4) is 0 Å². The zero-order valence-electron chi connectivity index (χ0n) is 9.93. The van der Waals surface area contributed by atoms with Gasteiger partial charge in [0.25, 0.3) is 0 Å². The summed E-state index contributed by atoms with van der Waals surface area (Å²) in [4.78, 5) is 11.9. The topological polar surface area (TPSA) is 31.2 Å². The fraction of sp³-hybridized carbons (Fsp3) is 0.214. The van der Waals surface area contributed by atoms with Crippen LogP contribution < -0.4 is 0 Å². The van der Waals surface area contributed by atoms with Crippen molar-refractivity contribution in [2.45, 2.75) is 13.8 Å². The van der Waals surface area contributed by atoms with Crippen LogP contribution in [0.15, 0.2) is 36.7 Å². The lowest BCUT2D eigenvalue weighted by Gasteiger charge is -2.12. The largest absolute Gasteiger partial charge is 0.462 e. The summed E-state index contributed by atoms with van der Waals surface area (Å²) in [6.07, 6.45) is 3.80. The molecule has 0 atom stereocenters. The average molecular weight is 228 g/mol. The van der Waals surface area contributed by atoms with E-state index in [1.54, 1.807) is 19.1 Å². The summed E-state index contributed by atoms with van der Waals surface area (Å²) in [5.41, 5.74) is 2.32.